The number of nitrogens with zero attached hydrogens (tertiary/aromatic N) is 1. The average molecular weight is 413 g/mol. The number of allylic oxidation sites excluding steroid dienone is 3. The monoisotopic (exact) mass is 412 g/mol. The van der Waals surface area contributed by atoms with Crippen molar-refractivity contribution in [3.05, 3.63) is 22.4 Å². The van der Waals surface area contributed by atoms with Gasteiger partial charge in [0, 0.05) is 24.3 Å². The third-order valence-electron chi connectivity index (χ3n) is 5.60. The quantitative estimate of drug-likeness (QED) is 0.473. The van der Waals surface area contributed by atoms with E-state index in [1.807, 2.05) is 13.8 Å². The van der Waals surface area contributed by atoms with Gasteiger partial charge in [0.05, 0.1) is 0 Å². The molecule has 2 nitrogen and oxygen atoms in total. The SMILES string of the molecule is C1CCNC1.CC.CC1=C(Cl)/C(=C/N2CCCC2)C(C)(C)CC1(C)C.CCC. The predicted octanol–water partition coefficient (Wildman–Crippen LogP) is 7.75. The molecule has 1 N–H and O–H groups in total. The Morgan fingerprint density at radius 3 is 1.79 bits per heavy atom. The number of rotatable bonds is 1. The van der Waals surface area contributed by atoms with Gasteiger partial charge in [0.15, 0.2) is 0 Å². The van der Waals surface area contributed by atoms with Crippen LogP contribution in [0.3, 0.4) is 0 Å². The van der Waals surface area contributed by atoms with Crippen molar-refractivity contribution in [3.63, 3.8) is 0 Å². The van der Waals surface area contributed by atoms with Gasteiger partial charge in [-0.1, -0.05) is 73.4 Å². The molecule has 2 heterocycles. The Morgan fingerprint density at radius 2 is 1.39 bits per heavy atom. The molecule has 3 aliphatic rings. The Bertz CT molecular complexity index is 471. The minimum absolute atomic E-state index is 0.169. The molecule has 0 atom stereocenters. The molecule has 3 rings (SSSR count). The highest BCUT2D eigenvalue weighted by Crippen LogP contribution is 2.53. The molecule has 0 saturated carbocycles. The standard InChI is InChI=1S/C16H26ClN.C4H9N.C3H8.C2H6/c1-12-14(17)13(10-18-8-6-7-9-18)16(4,5)11-15(12,2)3;1-2-4-5-3-1;1-3-2;1-2/h10H,6-9,11H2,1-5H3;5H,1-4H2;3H2,1-2H3;1-2H3/b13-10-;;;. The Balaban J connectivity index is 0.000000604. The van der Waals surface area contributed by atoms with Gasteiger partial charge in [-0.2, -0.15) is 0 Å². The zero-order chi connectivity index (χ0) is 21.8. The molecule has 0 aromatic heterocycles. The van der Waals surface area contributed by atoms with Gasteiger partial charge in [-0.3, -0.25) is 0 Å². The molecule has 166 valence electrons. The van der Waals surface area contributed by atoms with E-state index in [0.717, 1.165) is 5.03 Å². The van der Waals surface area contributed by atoms with E-state index < -0.39 is 0 Å². The van der Waals surface area contributed by atoms with E-state index in [2.05, 4.69) is 64.9 Å². The van der Waals surface area contributed by atoms with E-state index in [4.69, 9.17) is 11.6 Å². The molecule has 1 aliphatic carbocycles. The lowest BCUT2D eigenvalue weighted by atomic mass is 9.63. The van der Waals surface area contributed by atoms with Gasteiger partial charge in [-0.25, -0.2) is 0 Å². The first kappa shape index (κ1) is 27.5. The maximum Gasteiger partial charge on any atom is 0.0452 e. The Labute approximate surface area is 182 Å². The van der Waals surface area contributed by atoms with E-state index in [1.165, 1.54) is 75.9 Å². The fraction of sp³-hybridized carbons (Fsp3) is 0.840. The van der Waals surface area contributed by atoms with Crippen molar-refractivity contribution >= 4 is 11.6 Å². The molecular weight excluding hydrogens is 364 g/mol. The van der Waals surface area contributed by atoms with Crippen LogP contribution in [0.25, 0.3) is 0 Å². The van der Waals surface area contributed by atoms with E-state index in [9.17, 15) is 0 Å². The smallest absolute Gasteiger partial charge is 0.0452 e. The van der Waals surface area contributed by atoms with Gasteiger partial charge in [-0.05, 0) is 74.1 Å². The largest absolute Gasteiger partial charge is 0.377 e. The molecule has 3 heteroatoms. The maximum atomic E-state index is 6.67. The summed E-state index contributed by atoms with van der Waals surface area (Å²) in [5.41, 5.74) is 3.06. The zero-order valence-electron chi connectivity index (χ0n) is 20.5. The summed E-state index contributed by atoms with van der Waals surface area (Å²) in [6, 6.07) is 0. The van der Waals surface area contributed by atoms with Gasteiger partial charge in [0.2, 0.25) is 0 Å². The highest BCUT2D eigenvalue weighted by atomic mass is 35.5. The number of nitrogens with one attached hydrogen (secondary N) is 1. The average Bonchev–Trinajstić information content (AvgIpc) is 3.35. The van der Waals surface area contributed by atoms with Crippen molar-refractivity contribution in [2.75, 3.05) is 26.2 Å². The van der Waals surface area contributed by atoms with Crippen molar-refractivity contribution in [2.45, 2.75) is 101 Å². The van der Waals surface area contributed by atoms with Crippen LogP contribution in [0.2, 0.25) is 0 Å². The second-order valence-electron chi connectivity index (χ2n) is 9.33. The molecule has 0 radical (unpaired) electrons. The topological polar surface area (TPSA) is 15.3 Å². The van der Waals surface area contributed by atoms with Gasteiger partial charge in [0.1, 0.15) is 0 Å². The molecule has 0 bridgehead atoms. The predicted molar refractivity (Wildman–Crippen MR) is 129 cm³/mol. The minimum atomic E-state index is 0.169. The van der Waals surface area contributed by atoms with Gasteiger partial charge in [0.25, 0.3) is 0 Å². The van der Waals surface area contributed by atoms with Crippen LogP contribution in [-0.2, 0) is 0 Å². The van der Waals surface area contributed by atoms with Crippen LogP contribution in [0, 0.1) is 10.8 Å². The van der Waals surface area contributed by atoms with Crippen LogP contribution >= 0.6 is 11.6 Å². The Morgan fingerprint density at radius 1 is 0.929 bits per heavy atom. The van der Waals surface area contributed by atoms with Crippen LogP contribution in [0.15, 0.2) is 22.4 Å². The lowest BCUT2D eigenvalue weighted by Gasteiger charge is -2.43. The van der Waals surface area contributed by atoms with Crippen molar-refractivity contribution < 1.29 is 0 Å². The Kier molecular flexibility index (Phi) is 13.5. The van der Waals surface area contributed by atoms with E-state index in [-0.39, 0.29) is 10.8 Å². The highest BCUT2D eigenvalue weighted by molar-refractivity contribution is 6.32. The third-order valence-corrected chi connectivity index (χ3v) is 6.09. The molecule has 0 spiro atoms. The molecular formula is C25H49ClN2. The summed E-state index contributed by atoms with van der Waals surface area (Å²) in [6.45, 7) is 24.6. The van der Waals surface area contributed by atoms with E-state index in [0.29, 0.717) is 0 Å². The molecule has 28 heavy (non-hydrogen) atoms. The number of likely N-dealkylation sites (tertiary alicyclic amines) is 1. The second kappa shape index (κ2) is 13.7. The molecule has 0 unspecified atom stereocenters. The molecule has 0 amide bonds. The lowest BCUT2D eigenvalue weighted by Crippen LogP contribution is -2.32. The minimum Gasteiger partial charge on any atom is -0.377 e. The first-order valence-electron chi connectivity index (χ1n) is 11.7. The second-order valence-corrected chi connectivity index (χ2v) is 9.71. The highest BCUT2D eigenvalue weighted by Gasteiger charge is 2.40. The normalized spacial score (nSPS) is 23.9. The van der Waals surface area contributed by atoms with Crippen LogP contribution in [0.5, 0.6) is 0 Å². The summed E-state index contributed by atoms with van der Waals surface area (Å²) in [5, 5.41) is 4.23. The molecule has 2 fully saturated rings. The zero-order valence-corrected chi connectivity index (χ0v) is 21.2. The lowest BCUT2D eigenvalue weighted by molar-refractivity contribution is 0.250. The van der Waals surface area contributed by atoms with Crippen molar-refractivity contribution in [1.29, 1.82) is 0 Å². The van der Waals surface area contributed by atoms with E-state index in [1.54, 1.807) is 0 Å². The first-order valence-corrected chi connectivity index (χ1v) is 12.1. The molecule has 2 aliphatic heterocycles. The van der Waals surface area contributed by atoms with Crippen molar-refractivity contribution in [1.82, 2.24) is 10.2 Å². The maximum absolute atomic E-state index is 6.67. The van der Waals surface area contributed by atoms with Crippen molar-refractivity contribution in [3.8, 4) is 0 Å². The number of hydrogen-bond donors (Lipinski definition) is 1. The van der Waals surface area contributed by atoms with Crippen LogP contribution in [0.4, 0.5) is 0 Å². The molecule has 2 saturated heterocycles. The first-order chi connectivity index (χ1) is 13.2. The summed E-state index contributed by atoms with van der Waals surface area (Å²) < 4.78 is 0. The van der Waals surface area contributed by atoms with Crippen molar-refractivity contribution in [2.24, 2.45) is 10.8 Å². The molecule has 0 aromatic rings. The summed E-state index contributed by atoms with van der Waals surface area (Å²) in [6.07, 6.45) is 10.2. The summed E-state index contributed by atoms with van der Waals surface area (Å²) in [7, 11) is 0. The van der Waals surface area contributed by atoms with E-state index >= 15 is 0 Å². The van der Waals surface area contributed by atoms with Gasteiger partial charge < -0.3 is 10.2 Å². The third kappa shape index (κ3) is 8.91. The van der Waals surface area contributed by atoms with Crippen LogP contribution in [0.1, 0.15) is 101 Å². The summed E-state index contributed by atoms with van der Waals surface area (Å²) in [5.74, 6) is 0. The van der Waals surface area contributed by atoms with Crippen LogP contribution < -0.4 is 5.32 Å². The fourth-order valence-corrected chi connectivity index (χ4v) is 4.60. The summed E-state index contributed by atoms with van der Waals surface area (Å²) in [4.78, 5) is 2.44. The van der Waals surface area contributed by atoms with Gasteiger partial charge >= 0.3 is 0 Å². The number of hydrogen-bond acceptors (Lipinski definition) is 2. The fourth-order valence-electron chi connectivity index (χ4n) is 4.04. The Hall–Kier alpha value is -0.470. The summed E-state index contributed by atoms with van der Waals surface area (Å²) >= 11 is 6.67. The van der Waals surface area contributed by atoms with Gasteiger partial charge in [-0.15, -0.1) is 0 Å². The van der Waals surface area contributed by atoms with Crippen LogP contribution in [-0.4, -0.2) is 31.1 Å². The molecule has 0 aromatic carbocycles. The number of halogens is 1.